The van der Waals surface area contributed by atoms with Gasteiger partial charge in [0.05, 0.1) is 17.9 Å². The molecule has 5 heteroatoms. The van der Waals surface area contributed by atoms with E-state index in [1.807, 2.05) is 6.92 Å². The zero-order valence-electron chi connectivity index (χ0n) is 11.7. The van der Waals surface area contributed by atoms with E-state index in [0.717, 1.165) is 0 Å². The van der Waals surface area contributed by atoms with Crippen LogP contribution < -0.4 is 0 Å². The van der Waals surface area contributed by atoms with Gasteiger partial charge in [-0.05, 0) is 38.3 Å². The van der Waals surface area contributed by atoms with Crippen LogP contribution in [0.15, 0.2) is 30.9 Å². The molecule has 0 aromatic heterocycles. The summed E-state index contributed by atoms with van der Waals surface area (Å²) in [5, 5.41) is -0.556. The molecule has 1 aliphatic carbocycles. The highest BCUT2D eigenvalue weighted by atomic mass is 31.2. The van der Waals surface area contributed by atoms with Crippen LogP contribution in [0.2, 0.25) is 0 Å². The zero-order chi connectivity index (χ0) is 15.0. The van der Waals surface area contributed by atoms with Gasteiger partial charge < -0.3 is 4.52 Å². The van der Waals surface area contributed by atoms with E-state index in [1.54, 1.807) is 13.0 Å². The molecule has 0 saturated heterocycles. The van der Waals surface area contributed by atoms with Gasteiger partial charge in [0.15, 0.2) is 0 Å². The minimum absolute atomic E-state index is 0.0784. The molecule has 0 bridgehead atoms. The maximum atomic E-state index is 13.8. The lowest BCUT2D eigenvalue weighted by Gasteiger charge is -2.25. The summed E-state index contributed by atoms with van der Waals surface area (Å²) in [6.07, 6.45) is 2.22. The second kappa shape index (κ2) is 5.42. The first-order valence-corrected chi connectivity index (χ1v) is 8.48. The van der Waals surface area contributed by atoms with Crippen molar-refractivity contribution >= 4 is 7.37 Å². The zero-order valence-corrected chi connectivity index (χ0v) is 12.6. The Kier molecular flexibility index (Phi) is 4.17. The molecular weight excluding hydrogens is 281 g/mol. The molecule has 0 radical (unpaired) electrons. The predicted octanol–water partition coefficient (Wildman–Crippen LogP) is 4.74. The van der Waals surface area contributed by atoms with Crippen molar-refractivity contribution in [1.29, 1.82) is 0 Å². The fourth-order valence-electron chi connectivity index (χ4n) is 2.59. The smallest absolute Gasteiger partial charge is 0.213 e. The highest BCUT2D eigenvalue weighted by molar-refractivity contribution is 7.60. The van der Waals surface area contributed by atoms with Gasteiger partial charge in [0.25, 0.3) is 0 Å². The molecule has 1 saturated carbocycles. The molecule has 110 valence electrons. The minimum Gasteiger partial charge on any atom is -0.328 e. The largest absolute Gasteiger partial charge is 0.328 e. The third-order valence-electron chi connectivity index (χ3n) is 4.10. The fourth-order valence-corrected chi connectivity index (χ4v) is 5.56. The second-order valence-electron chi connectivity index (χ2n) is 5.35. The molecule has 1 fully saturated rings. The van der Waals surface area contributed by atoms with Crippen LogP contribution in [-0.4, -0.2) is 11.8 Å². The molecule has 2 nitrogen and oxygen atoms in total. The van der Waals surface area contributed by atoms with Gasteiger partial charge in [-0.3, -0.25) is 4.57 Å². The fraction of sp³-hybridized carbons (Fsp3) is 0.467. The Hall–Kier alpha value is -0.990. The van der Waals surface area contributed by atoms with Gasteiger partial charge in [0.2, 0.25) is 7.37 Å². The third kappa shape index (κ3) is 2.47. The number of hydrogen-bond donors (Lipinski definition) is 0. The monoisotopic (exact) mass is 300 g/mol. The molecule has 3 atom stereocenters. The van der Waals surface area contributed by atoms with Gasteiger partial charge >= 0.3 is 0 Å². The van der Waals surface area contributed by atoms with Crippen LogP contribution in [0.3, 0.4) is 0 Å². The normalized spacial score (nSPS) is 27.9. The maximum Gasteiger partial charge on any atom is 0.213 e. The van der Waals surface area contributed by atoms with Crippen LogP contribution in [0.5, 0.6) is 0 Å². The lowest BCUT2D eigenvalue weighted by molar-refractivity contribution is 0.321. The van der Waals surface area contributed by atoms with Crippen LogP contribution in [0.1, 0.15) is 25.8 Å². The number of hydrogen-bond acceptors (Lipinski definition) is 2. The molecule has 1 aliphatic rings. The standard InChI is InChI=1S/C15H19F2O2P/c1-4-11-9-15(11,3)20(18,19-5-2)10-12-13(16)7-6-8-14(12)17/h4,6-8,11H,1,5,9-10H2,2-3H3/t11-,15+,20?/m1/s1. The van der Waals surface area contributed by atoms with Gasteiger partial charge in [-0.15, -0.1) is 6.58 Å². The van der Waals surface area contributed by atoms with Crippen molar-refractivity contribution in [2.24, 2.45) is 5.92 Å². The van der Waals surface area contributed by atoms with Crippen LogP contribution in [-0.2, 0) is 15.3 Å². The summed E-state index contributed by atoms with van der Waals surface area (Å²) in [5.74, 6) is -1.27. The third-order valence-corrected chi connectivity index (χ3v) is 7.58. The van der Waals surface area contributed by atoms with Gasteiger partial charge in [-0.2, -0.15) is 0 Å². The molecule has 0 spiro atoms. The topological polar surface area (TPSA) is 26.3 Å². The van der Waals surface area contributed by atoms with Crippen molar-refractivity contribution in [2.75, 3.05) is 6.61 Å². The van der Waals surface area contributed by atoms with Gasteiger partial charge in [0, 0.05) is 5.56 Å². The van der Waals surface area contributed by atoms with Crippen molar-refractivity contribution in [3.8, 4) is 0 Å². The SMILES string of the molecule is C=C[C@@H]1C[C@]1(C)P(=O)(Cc1c(F)cccc1F)OCC. The van der Waals surface area contributed by atoms with E-state index in [1.165, 1.54) is 18.2 Å². The first-order chi connectivity index (χ1) is 9.38. The lowest BCUT2D eigenvalue weighted by atomic mass is 10.2. The van der Waals surface area contributed by atoms with Crippen LogP contribution in [0, 0.1) is 17.6 Å². The van der Waals surface area contributed by atoms with Crippen molar-refractivity contribution in [1.82, 2.24) is 0 Å². The average Bonchev–Trinajstić information content (AvgIpc) is 3.08. The van der Waals surface area contributed by atoms with Gasteiger partial charge in [-0.25, -0.2) is 8.78 Å². The Balaban J connectivity index is 2.36. The number of benzene rings is 1. The highest BCUT2D eigenvalue weighted by Crippen LogP contribution is 2.74. The summed E-state index contributed by atoms with van der Waals surface area (Å²) in [6, 6.07) is 3.65. The molecule has 0 amide bonds. The molecule has 0 N–H and O–H groups in total. The van der Waals surface area contributed by atoms with E-state index in [4.69, 9.17) is 4.52 Å². The Labute approximate surface area is 118 Å². The molecule has 1 aromatic carbocycles. The molecular formula is C15H19F2O2P. The number of rotatable bonds is 6. The van der Waals surface area contributed by atoms with E-state index in [2.05, 4.69) is 6.58 Å². The number of halogens is 2. The summed E-state index contributed by atoms with van der Waals surface area (Å²) in [5.41, 5.74) is -0.153. The highest BCUT2D eigenvalue weighted by Gasteiger charge is 2.61. The summed E-state index contributed by atoms with van der Waals surface area (Å²) in [4.78, 5) is 0. The average molecular weight is 300 g/mol. The second-order valence-corrected chi connectivity index (χ2v) is 8.30. The Morgan fingerprint density at radius 2 is 2.10 bits per heavy atom. The van der Waals surface area contributed by atoms with Crippen LogP contribution in [0.4, 0.5) is 8.78 Å². The lowest BCUT2D eigenvalue weighted by Crippen LogP contribution is -2.13. The van der Waals surface area contributed by atoms with E-state index in [9.17, 15) is 13.3 Å². The van der Waals surface area contributed by atoms with E-state index in [-0.39, 0.29) is 24.3 Å². The van der Waals surface area contributed by atoms with Gasteiger partial charge in [0.1, 0.15) is 11.6 Å². The number of allylic oxidation sites excluding steroid dienone is 1. The molecule has 1 aromatic rings. The first-order valence-electron chi connectivity index (χ1n) is 6.67. The molecule has 0 aliphatic heterocycles. The summed E-state index contributed by atoms with van der Waals surface area (Å²) in [7, 11) is -3.19. The first kappa shape index (κ1) is 15.4. The van der Waals surface area contributed by atoms with Crippen molar-refractivity contribution in [3.05, 3.63) is 48.1 Å². The van der Waals surface area contributed by atoms with E-state index < -0.39 is 24.2 Å². The Morgan fingerprint density at radius 1 is 1.50 bits per heavy atom. The molecule has 1 unspecified atom stereocenters. The minimum atomic E-state index is -3.19. The molecule has 2 rings (SSSR count). The summed E-state index contributed by atoms with van der Waals surface area (Å²) >= 11 is 0. The summed E-state index contributed by atoms with van der Waals surface area (Å²) in [6.45, 7) is 7.54. The summed E-state index contributed by atoms with van der Waals surface area (Å²) < 4.78 is 46.2. The van der Waals surface area contributed by atoms with Crippen molar-refractivity contribution < 1.29 is 17.9 Å². The van der Waals surface area contributed by atoms with Crippen LogP contribution >= 0.6 is 7.37 Å². The quantitative estimate of drug-likeness (QED) is 0.560. The van der Waals surface area contributed by atoms with E-state index in [0.29, 0.717) is 6.42 Å². The Morgan fingerprint density at radius 3 is 2.55 bits per heavy atom. The van der Waals surface area contributed by atoms with Gasteiger partial charge in [-0.1, -0.05) is 12.1 Å². The molecule has 20 heavy (non-hydrogen) atoms. The Bertz CT molecular complexity index is 553. The van der Waals surface area contributed by atoms with Crippen LogP contribution in [0.25, 0.3) is 0 Å². The maximum absolute atomic E-state index is 13.8. The predicted molar refractivity (Wildman–Crippen MR) is 76.0 cm³/mol. The van der Waals surface area contributed by atoms with E-state index >= 15 is 0 Å². The van der Waals surface area contributed by atoms with Crippen molar-refractivity contribution in [2.45, 2.75) is 31.6 Å². The van der Waals surface area contributed by atoms with Crippen molar-refractivity contribution in [3.63, 3.8) is 0 Å². The molecule has 0 heterocycles.